The van der Waals surface area contributed by atoms with Crippen LogP contribution in [0.4, 0.5) is 11.6 Å². The maximum absolute atomic E-state index is 6.09. The number of thioether (sulfide) groups is 1. The summed E-state index contributed by atoms with van der Waals surface area (Å²) in [5.41, 5.74) is 5.66. The number of nitrogens with two attached hydrogens (primary N) is 1. The molecule has 82 valence electrons. The fourth-order valence-corrected chi connectivity index (χ4v) is 2.84. The molecule has 0 aliphatic carbocycles. The fourth-order valence-electron chi connectivity index (χ4n) is 1.62. The molecule has 6 heteroatoms. The van der Waals surface area contributed by atoms with Gasteiger partial charge in [-0.2, -0.15) is 11.8 Å². The summed E-state index contributed by atoms with van der Waals surface area (Å²) in [6.45, 7) is 3.13. The lowest BCUT2D eigenvalue weighted by Crippen LogP contribution is -2.41. The average molecular weight is 245 g/mol. The second-order valence-corrected chi connectivity index (χ2v) is 5.04. The van der Waals surface area contributed by atoms with Crippen LogP contribution in [0.15, 0.2) is 6.33 Å². The first-order valence-corrected chi connectivity index (χ1v) is 6.33. The predicted molar refractivity (Wildman–Crippen MR) is 65.6 cm³/mol. The molecule has 15 heavy (non-hydrogen) atoms. The number of rotatable bonds is 1. The summed E-state index contributed by atoms with van der Waals surface area (Å²) in [5.74, 6) is 3.31. The molecule has 0 spiro atoms. The van der Waals surface area contributed by atoms with E-state index in [0.717, 1.165) is 23.9 Å². The Bertz CT molecular complexity index is 360. The van der Waals surface area contributed by atoms with E-state index in [0.29, 0.717) is 16.9 Å². The van der Waals surface area contributed by atoms with E-state index in [4.69, 9.17) is 17.3 Å². The molecule has 0 saturated carbocycles. The molecular weight excluding hydrogens is 232 g/mol. The number of nitrogen functional groups attached to an aromatic ring is 1. The van der Waals surface area contributed by atoms with Crippen LogP contribution in [-0.2, 0) is 0 Å². The first-order valence-electron chi connectivity index (χ1n) is 4.80. The van der Waals surface area contributed by atoms with Crippen molar-refractivity contribution in [1.29, 1.82) is 0 Å². The standard InChI is InChI=1S/C9H13ClN4S/c1-6-4-15-3-2-14(6)9-7(10)8(11)12-5-13-9/h5-6H,2-4H2,1H3,(H2,11,12,13). The normalized spacial score (nSPS) is 21.7. The molecule has 1 unspecified atom stereocenters. The minimum absolute atomic E-state index is 0.354. The third-order valence-electron chi connectivity index (χ3n) is 2.44. The van der Waals surface area contributed by atoms with Crippen molar-refractivity contribution in [3.8, 4) is 0 Å². The number of hydrogen-bond acceptors (Lipinski definition) is 5. The maximum Gasteiger partial charge on any atom is 0.153 e. The van der Waals surface area contributed by atoms with Crippen LogP contribution in [-0.4, -0.2) is 34.1 Å². The lowest BCUT2D eigenvalue weighted by Gasteiger charge is -2.34. The molecular formula is C9H13ClN4S. The van der Waals surface area contributed by atoms with Crippen molar-refractivity contribution in [2.45, 2.75) is 13.0 Å². The van der Waals surface area contributed by atoms with Gasteiger partial charge in [0.1, 0.15) is 17.2 Å². The molecule has 1 aromatic heterocycles. The average Bonchev–Trinajstić information content (AvgIpc) is 2.23. The fraction of sp³-hybridized carbons (Fsp3) is 0.556. The molecule has 0 bridgehead atoms. The van der Waals surface area contributed by atoms with Gasteiger partial charge in [0.15, 0.2) is 5.82 Å². The van der Waals surface area contributed by atoms with E-state index in [2.05, 4.69) is 21.8 Å². The van der Waals surface area contributed by atoms with Crippen LogP contribution >= 0.6 is 23.4 Å². The highest BCUT2D eigenvalue weighted by Crippen LogP contribution is 2.30. The van der Waals surface area contributed by atoms with Crippen LogP contribution < -0.4 is 10.6 Å². The highest BCUT2D eigenvalue weighted by Gasteiger charge is 2.22. The maximum atomic E-state index is 6.09. The third-order valence-corrected chi connectivity index (χ3v) is 3.99. The summed E-state index contributed by atoms with van der Waals surface area (Å²) in [4.78, 5) is 10.3. The Balaban J connectivity index is 2.31. The highest BCUT2D eigenvalue weighted by atomic mass is 35.5. The van der Waals surface area contributed by atoms with Crippen LogP contribution in [0.5, 0.6) is 0 Å². The molecule has 1 saturated heterocycles. The Morgan fingerprint density at radius 2 is 2.40 bits per heavy atom. The number of hydrogen-bond donors (Lipinski definition) is 1. The van der Waals surface area contributed by atoms with E-state index >= 15 is 0 Å². The minimum atomic E-state index is 0.354. The first kappa shape index (κ1) is 10.8. The van der Waals surface area contributed by atoms with E-state index in [1.807, 2.05) is 11.8 Å². The lowest BCUT2D eigenvalue weighted by molar-refractivity contribution is 0.689. The van der Waals surface area contributed by atoms with Crippen molar-refractivity contribution in [2.24, 2.45) is 0 Å². The Hall–Kier alpha value is -0.680. The zero-order valence-corrected chi connectivity index (χ0v) is 10.1. The van der Waals surface area contributed by atoms with E-state index in [-0.39, 0.29) is 0 Å². The second-order valence-electron chi connectivity index (χ2n) is 3.51. The summed E-state index contributed by atoms with van der Waals surface area (Å²) in [6, 6.07) is 0.440. The molecule has 1 aliphatic rings. The molecule has 4 nitrogen and oxygen atoms in total. The van der Waals surface area contributed by atoms with Gasteiger partial charge in [-0.1, -0.05) is 11.6 Å². The summed E-state index contributed by atoms with van der Waals surface area (Å²) < 4.78 is 0. The van der Waals surface area contributed by atoms with Gasteiger partial charge in [0.05, 0.1) is 0 Å². The zero-order valence-electron chi connectivity index (χ0n) is 8.48. The SMILES string of the molecule is CC1CSCCN1c1ncnc(N)c1Cl. The monoisotopic (exact) mass is 244 g/mol. The van der Waals surface area contributed by atoms with Gasteiger partial charge in [-0.3, -0.25) is 0 Å². The van der Waals surface area contributed by atoms with Crippen molar-refractivity contribution in [1.82, 2.24) is 9.97 Å². The molecule has 1 atom stereocenters. The second kappa shape index (κ2) is 4.45. The number of aromatic nitrogens is 2. The van der Waals surface area contributed by atoms with E-state index in [1.54, 1.807) is 0 Å². The van der Waals surface area contributed by atoms with Crippen LogP contribution in [0.1, 0.15) is 6.92 Å². The Labute approximate surface area is 98.2 Å². The summed E-state index contributed by atoms with van der Waals surface area (Å²) in [6.07, 6.45) is 1.46. The summed E-state index contributed by atoms with van der Waals surface area (Å²) in [5, 5.41) is 0.469. The van der Waals surface area contributed by atoms with Crippen molar-refractivity contribution < 1.29 is 0 Å². The van der Waals surface area contributed by atoms with Crippen LogP contribution in [0.25, 0.3) is 0 Å². The van der Waals surface area contributed by atoms with Crippen LogP contribution in [0.2, 0.25) is 5.02 Å². The van der Waals surface area contributed by atoms with Gasteiger partial charge in [0.25, 0.3) is 0 Å². The predicted octanol–water partition coefficient (Wildman–Crippen LogP) is 1.65. The Morgan fingerprint density at radius 1 is 1.60 bits per heavy atom. The van der Waals surface area contributed by atoms with Crippen molar-refractivity contribution in [2.75, 3.05) is 28.7 Å². The molecule has 0 radical (unpaired) electrons. The number of nitrogens with zero attached hydrogens (tertiary/aromatic N) is 3. The molecule has 2 rings (SSSR count). The van der Waals surface area contributed by atoms with Crippen molar-refractivity contribution >= 4 is 35.0 Å². The van der Waals surface area contributed by atoms with E-state index < -0.39 is 0 Å². The quantitative estimate of drug-likeness (QED) is 0.814. The topological polar surface area (TPSA) is 55.0 Å². The minimum Gasteiger partial charge on any atom is -0.382 e. The van der Waals surface area contributed by atoms with Crippen LogP contribution in [0.3, 0.4) is 0 Å². The zero-order chi connectivity index (χ0) is 10.8. The van der Waals surface area contributed by atoms with Gasteiger partial charge in [0.2, 0.25) is 0 Å². The third kappa shape index (κ3) is 2.13. The summed E-state index contributed by atoms with van der Waals surface area (Å²) >= 11 is 8.05. The molecule has 1 aromatic rings. The molecule has 0 aromatic carbocycles. The van der Waals surface area contributed by atoms with Gasteiger partial charge in [0, 0.05) is 24.1 Å². The molecule has 0 amide bonds. The molecule has 2 heterocycles. The van der Waals surface area contributed by atoms with Gasteiger partial charge in [-0.05, 0) is 6.92 Å². The summed E-state index contributed by atoms with van der Waals surface area (Å²) in [7, 11) is 0. The van der Waals surface area contributed by atoms with Gasteiger partial charge in [-0.15, -0.1) is 0 Å². The van der Waals surface area contributed by atoms with Gasteiger partial charge in [-0.25, -0.2) is 9.97 Å². The molecule has 2 N–H and O–H groups in total. The Morgan fingerprint density at radius 3 is 3.13 bits per heavy atom. The van der Waals surface area contributed by atoms with Gasteiger partial charge >= 0.3 is 0 Å². The lowest BCUT2D eigenvalue weighted by atomic mass is 10.3. The van der Waals surface area contributed by atoms with Crippen molar-refractivity contribution in [3.05, 3.63) is 11.3 Å². The van der Waals surface area contributed by atoms with Gasteiger partial charge < -0.3 is 10.6 Å². The Kier molecular flexibility index (Phi) is 3.21. The largest absolute Gasteiger partial charge is 0.382 e. The first-order chi connectivity index (χ1) is 7.20. The smallest absolute Gasteiger partial charge is 0.153 e. The highest BCUT2D eigenvalue weighted by molar-refractivity contribution is 7.99. The molecule has 1 aliphatic heterocycles. The van der Waals surface area contributed by atoms with Crippen LogP contribution in [0, 0.1) is 0 Å². The number of anilines is 2. The van der Waals surface area contributed by atoms with E-state index in [1.165, 1.54) is 6.33 Å². The van der Waals surface area contributed by atoms with Crippen molar-refractivity contribution in [3.63, 3.8) is 0 Å². The molecule has 1 fully saturated rings. The van der Waals surface area contributed by atoms with E-state index in [9.17, 15) is 0 Å². The number of halogens is 1.